The van der Waals surface area contributed by atoms with Crippen molar-refractivity contribution in [1.29, 1.82) is 0 Å². The number of carbonyl (C=O) groups is 1. The van der Waals surface area contributed by atoms with E-state index in [9.17, 15) is 4.79 Å². The average molecular weight is 261 g/mol. The minimum atomic E-state index is 0.0124. The molecule has 0 bridgehead atoms. The molecule has 1 aliphatic heterocycles. The zero-order valence-electron chi connectivity index (χ0n) is 11.7. The van der Waals surface area contributed by atoms with E-state index in [0.29, 0.717) is 5.92 Å². The highest BCUT2D eigenvalue weighted by molar-refractivity contribution is 5.89. The molecule has 0 spiro atoms. The van der Waals surface area contributed by atoms with E-state index in [1.54, 1.807) is 0 Å². The first kappa shape index (κ1) is 13.9. The maximum atomic E-state index is 12.3. The van der Waals surface area contributed by atoms with Gasteiger partial charge in [0.25, 0.3) is 0 Å². The normalized spacial score (nSPS) is 19.5. The van der Waals surface area contributed by atoms with Crippen molar-refractivity contribution in [2.45, 2.75) is 26.3 Å². The Morgan fingerprint density at radius 2 is 2.16 bits per heavy atom. The van der Waals surface area contributed by atoms with Gasteiger partial charge in [0, 0.05) is 31.4 Å². The van der Waals surface area contributed by atoms with Crippen LogP contribution in [0.4, 0.5) is 10.5 Å². The number of carbonyl (C=O) groups excluding carboxylic acids is 1. The Kier molecular flexibility index (Phi) is 4.80. The maximum absolute atomic E-state index is 12.3. The Hall–Kier alpha value is -1.55. The van der Waals surface area contributed by atoms with E-state index in [-0.39, 0.29) is 12.1 Å². The summed E-state index contributed by atoms with van der Waals surface area (Å²) in [4.78, 5) is 14.3. The summed E-state index contributed by atoms with van der Waals surface area (Å²) in [5, 5.41) is 6.34. The average Bonchev–Trinajstić information content (AvgIpc) is 2.39. The van der Waals surface area contributed by atoms with E-state index < -0.39 is 0 Å². The zero-order chi connectivity index (χ0) is 13.7. The fraction of sp³-hybridized carbons (Fsp3) is 0.533. The van der Waals surface area contributed by atoms with Crippen LogP contribution in [-0.2, 0) is 0 Å². The maximum Gasteiger partial charge on any atom is 0.322 e. The zero-order valence-corrected chi connectivity index (χ0v) is 11.7. The minimum absolute atomic E-state index is 0.0124. The lowest BCUT2D eigenvalue weighted by atomic mass is 10.0. The molecule has 1 atom stereocenters. The van der Waals surface area contributed by atoms with Gasteiger partial charge in [-0.05, 0) is 24.5 Å². The van der Waals surface area contributed by atoms with E-state index in [1.165, 1.54) is 0 Å². The van der Waals surface area contributed by atoms with Crippen LogP contribution < -0.4 is 10.6 Å². The number of piperazine rings is 1. The van der Waals surface area contributed by atoms with Crippen LogP contribution >= 0.6 is 0 Å². The van der Waals surface area contributed by atoms with Crippen LogP contribution in [0.15, 0.2) is 30.3 Å². The lowest BCUT2D eigenvalue weighted by Gasteiger charge is -2.37. The van der Waals surface area contributed by atoms with Gasteiger partial charge in [-0.2, -0.15) is 0 Å². The van der Waals surface area contributed by atoms with Crippen molar-refractivity contribution in [3.05, 3.63) is 30.3 Å². The molecule has 1 aliphatic rings. The van der Waals surface area contributed by atoms with E-state index in [1.807, 2.05) is 35.2 Å². The Labute approximate surface area is 115 Å². The number of urea groups is 1. The van der Waals surface area contributed by atoms with Crippen LogP contribution in [0, 0.1) is 5.92 Å². The summed E-state index contributed by atoms with van der Waals surface area (Å²) < 4.78 is 0. The van der Waals surface area contributed by atoms with Crippen molar-refractivity contribution < 1.29 is 4.79 Å². The van der Waals surface area contributed by atoms with Gasteiger partial charge in [-0.25, -0.2) is 4.79 Å². The van der Waals surface area contributed by atoms with Gasteiger partial charge in [-0.15, -0.1) is 0 Å². The van der Waals surface area contributed by atoms with Crippen LogP contribution in [0.25, 0.3) is 0 Å². The lowest BCUT2D eigenvalue weighted by molar-refractivity contribution is 0.159. The highest BCUT2D eigenvalue weighted by Gasteiger charge is 2.26. The van der Waals surface area contributed by atoms with E-state index in [0.717, 1.165) is 31.7 Å². The van der Waals surface area contributed by atoms with Crippen molar-refractivity contribution in [2.75, 3.05) is 25.0 Å². The third-order valence-corrected chi connectivity index (χ3v) is 3.38. The molecular weight excluding hydrogens is 238 g/mol. The van der Waals surface area contributed by atoms with Gasteiger partial charge in [0.2, 0.25) is 0 Å². The summed E-state index contributed by atoms with van der Waals surface area (Å²) >= 11 is 0. The lowest BCUT2D eigenvalue weighted by Crippen LogP contribution is -2.55. The Morgan fingerprint density at radius 3 is 2.84 bits per heavy atom. The summed E-state index contributed by atoms with van der Waals surface area (Å²) in [6.07, 6.45) is 1.04. The molecular formula is C15H23N3O. The number of para-hydroxylation sites is 1. The van der Waals surface area contributed by atoms with Crippen molar-refractivity contribution >= 4 is 11.7 Å². The van der Waals surface area contributed by atoms with Crippen LogP contribution in [0.1, 0.15) is 20.3 Å². The molecule has 1 unspecified atom stereocenters. The fourth-order valence-corrected chi connectivity index (χ4v) is 2.50. The van der Waals surface area contributed by atoms with Crippen LogP contribution in [0.3, 0.4) is 0 Å². The topological polar surface area (TPSA) is 44.4 Å². The SMILES string of the molecule is CC(C)CC1CNCCN1C(=O)Nc1ccccc1. The molecule has 4 nitrogen and oxygen atoms in total. The molecule has 1 heterocycles. The van der Waals surface area contributed by atoms with Crippen molar-refractivity contribution in [3.63, 3.8) is 0 Å². The molecule has 2 N–H and O–H groups in total. The smallest absolute Gasteiger partial charge is 0.319 e. The second kappa shape index (κ2) is 6.57. The Morgan fingerprint density at radius 1 is 1.42 bits per heavy atom. The molecule has 1 fully saturated rings. The summed E-state index contributed by atoms with van der Waals surface area (Å²) in [6.45, 7) is 6.93. The first-order valence-electron chi connectivity index (χ1n) is 7.00. The molecule has 0 radical (unpaired) electrons. The van der Waals surface area contributed by atoms with Crippen LogP contribution in [0.2, 0.25) is 0 Å². The number of anilines is 1. The minimum Gasteiger partial charge on any atom is -0.319 e. The van der Waals surface area contributed by atoms with Gasteiger partial charge in [0.1, 0.15) is 0 Å². The molecule has 2 rings (SSSR count). The fourth-order valence-electron chi connectivity index (χ4n) is 2.50. The molecule has 19 heavy (non-hydrogen) atoms. The molecule has 4 heteroatoms. The monoisotopic (exact) mass is 261 g/mol. The predicted molar refractivity (Wildman–Crippen MR) is 78.3 cm³/mol. The molecule has 0 aliphatic carbocycles. The van der Waals surface area contributed by atoms with Crippen molar-refractivity contribution in [2.24, 2.45) is 5.92 Å². The largest absolute Gasteiger partial charge is 0.322 e. The number of nitrogens with zero attached hydrogens (tertiary/aromatic N) is 1. The van der Waals surface area contributed by atoms with E-state index >= 15 is 0 Å². The molecule has 1 aromatic carbocycles. The summed E-state index contributed by atoms with van der Waals surface area (Å²) in [5.74, 6) is 0.594. The van der Waals surface area contributed by atoms with E-state index in [4.69, 9.17) is 0 Å². The highest BCUT2D eigenvalue weighted by atomic mass is 16.2. The van der Waals surface area contributed by atoms with Crippen LogP contribution in [0.5, 0.6) is 0 Å². The number of hydrogen-bond donors (Lipinski definition) is 2. The van der Waals surface area contributed by atoms with Gasteiger partial charge in [-0.3, -0.25) is 0 Å². The molecule has 1 aromatic rings. The quantitative estimate of drug-likeness (QED) is 0.878. The number of benzene rings is 1. The second-order valence-electron chi connectivity index (χ2n) is 5.48. The first-order valence-corrected chi connectivity index (χ1v) is 7.00. The molecule has 104 valence electrons. The summed E-state index contributed by atoms with van der Waals surface area (Å²) in [7, 11) is 0. The summed E-state index contributed by atoms with van der Waals surface area (Å²) in [6, 6.07) is 9.94. The Balaban J connectivity index is 1.99. The molecule has 0 aromatic heterocycles. The highest BCUT2D eigenvalue weighted by Crippen LogP contribution is 2.15. The predicted octanol–water partition coefficient (Wildman–Crippen LogP) is 2.54. The number of hydrogen-bond acceptors (Lipinski definition) is 2. The second-order valence-corrected chi connectivity index (χ2v) is 5.48. The number of rotatable bonds is 3. The third-order valence-electron chi connectivity index (χ3n) is 3.38. The first-order chi connectivity index (χ1) is 9.16. The van der Waals surface area contributed by atoms with Gasteiger partial charge in [0.05, 0.1) is 0 Å². The third kappa shape index (κ3) is 3.96. The number of nitrogens with one attached hydrogen (secondary N) is 2. The van der Waals surface area contributed by atoms with Crippen molar-refractivity contribution in [1.82, 2.24) is 10.2 Å². The molecule has 1 saturated heterocycles. The number of amides is 2. The summed E-state index contributed by atoms with van der Waals surface area (Å²) in [5.41, 5.74) is 0.856. The van der Waals surface area contributed by atoms with Gasteiger partial charge < -0.3 is 15.5 Å². The molecule has 2 amide bonds. The van der Waals surface area contributed by atoms with E-state index in [2.05, 4.69) is 24.5 Å². The molecule has 0 saturated carbocycles. The Bertz CT molecular complexity index is 405. The van der Waals surface area contributed by atoms with Gasteiger partial charge in [0.15, 0.2) is 0 Å². The van der Waals surface area contributed by atoms with Crippen molar-refractivity contribution in [3.8, 4) is 0 Å². The standard InChI is InChI=1S/C15H23N3O/c1-12(2)10-14-11-16-8-9-18(14)15(19)17-13-6-4-3-5-7-13/h3-7,12,14,16H,8-11H2,1-2H3,(H,17,19). The van der Waals surface area contributed by atoms with Gasteiger partial charge in [-0.1, -0.05) is 32.0 Å². The van der Waals surface area contributed by atoms with Gasteiger partial charge >= 0.3 is 6.03 Å². The van der Waals surface area contributed by atoms with Crippen LogP contribution in [-0.4, -0.2) is 36.6 Å².